The van der Waals surface area contributed by atoms with E-state index in [1.807, 2.05) is 24.3 Å². The van der Waals surface area contributed by atoms with Crippen molar-refractivity contribution in [2.24, 2.45) is 5.41 Å². The number of benzene rings is 1. The normalized spacial score (nSPS) is 28.2. The molecule has 0 amide bonds. The smallest absolute Gasteiger partial charge is 0.215 e. The van der Waals surface area contributed by atoms with Crippen LogP contribution in [0.25, 0.3) is 0 Å². The summed E-state index contributed by atoms with van der Waals surface area (Å²) < 4.78 is 5.24. The van der Waals surface area contributed by atoms with Crippen LogP contribution in [0.3, 0.4) is 0 Å². The lowest BCUT2D eigenvalue weighted by molar-refractivity contribution is 0.0947. The molecule has 0 N–H and O–H groups in total. The van der Waals surface area contributed by atoms with Crippen molar-refractivity contribution in [1.29, 1.82) is 0 Å². The molecule has 132 valence electrons. The molecule has 2 aliphatic rings. The highest BCUT2D eigenvalue weighted by molar-refractivity contribution is 7.99. The number of ether oxygens (including phenoxy) is 1. The van der Waals surface area contributed by atoms with Crippen molar-refractivity contribution in [3.63, 3.8) is 0 Å². The van der Waals surface area contributed by atoms with Crippen LogP contribution in [0.15, 0.2) is 24.3 Å². The van der Waals surface area contributed by atoms with Crippen LogP contribution in [-0.4, -0.2) is 28.6 Å². The van der Waals surface area contributed by atoms with Gasteiger partial charge in [-0.3, -0.25) is 4.79 Å². The second-order valence-corrected chi connectivity index (χ2v) is 11.0. The minimum Gasteiger partial charge on any atom is -0.497 e. The maximum atomic E-state index is 13.5. The van der Waals surface area contributed by atoms with Crippen molar-refractivity contribution in [2.45, 2.75) is 75.0 Å². The van der Waals surface area contributed by atoms with E-state index in [2.05, 4.69) is 20.8 Å². The van der Waals surface area contributed by atoms with E-state index in [-0.39, 0.29) is 21.6 Å². The molecule has 2 aliphatic heterocycles. The van der Waals surface area contributed by atoms with Crippen molar-refractivity contribution in [3.05, 3.63) is 29.8 Å². The molecule has 0 saturated carbocycles. The lowest BCUT2D eigenvalue weighted by atomic mass is 9.87. The van der Waals surface area contributed by atoms with E-state index in [0.29, 0.717) is 5.78 Å². The summed E-state index contributed by atoms with van der Waals surface area (Å²) in [7, 11) is 1.90. The maximum absolute atomic E-state index is 13.5. The van der Waals surface area contributed by atoms with Crippen molar-refractivity contribution >= 4 is 16.7 Å². The molecule has 24 heavy (non-hydrogen) atoms. The van der Waals surface area contributed by atoms with Gasteiger partial charge in [-0.15, -0.1) is 0 Å². The third-order valence-electron chi connectivity index (χ3n) is 5.55. The number of methoxy groups -OCH3 is 1. The number of hydrogen-bond acceptors (Lipinski definition) is 2. The molecule has 0 aromatic heterocycles. The van der Waals surface area contributed by atoms with Gasteiger partial charge in [0, 0.05) is 21.9 Å². The minimum absolute atomic E-state index is 0.0191. The summed E-state index contributed by atoms with van der Waals surface area (Å²) >= 11 is 0. The Bertz CT molecular complexity index is 550. The van der Waals surface area contributed by atoms with Gasteiger partial charge in [0.1, 0.15) is 16.2 Å². The largest absolute Gasteiger partial charge is 0.497 e. The summed E-state index contributed by atoms with van der Waals surface area (Å²) in [5.41, 5.74) is 0.873. The Kier molecular flexibility index (Phi) is 5.29. The van der Waals surface area contributed by atoms with Gasteiger partial charge in [-0.25, -0.2) is 0 Å². The van der Waals surface area contributed by atoms with Crippen LogP contribution < -0.4 is 4.74 Å². The van der Waals surface area contributed by atoms with E-state index in [9.17, 15) is 4.79 Å². The van der Waals surface area contributed by atoms with Crippen LogP contribution in [0.5, 0.6) is 5.75 Å². The molecule has 0 spiro atoms. The van der Waals surface area contributed by atoms with E-state index in [1.54, 1.807) is 7.11 Å². The van der Waals surface area contributed by atoms with Crippen LogP contribution in [-0.2, 0) is 10.9 Å². The lowest BCUT2D eigenvalue weighted by Crippen LogP contribution is -2.54. The van der Waals surface area contributed by atoms with E-state index in [1.165, 1.54) is 38.5 Å². The molecule has 3 rings (SSSR count). The lowest BCUT2D eigenvalue weighted by Gasteiger charge is -2.42. The van der Waals surface area contributed by atoms with Gasteiger partial charge in [-0.05, 0) is 62.8 Å². The number of ketones is 1. The van der Waals surface area contributed by atoms with Gasteiger partial charge in [0.15, 0.2) is 5.25 Å². The van der Waals surface area contributed by atoms with Crippen molar-refractivity contribution in [2.75, 3.05) is 7.11 Å². The van der Waals surface area contributed by atoms with Gasteiger partial charge in [0.2, 0.25) is 5.78 Å². The third-order valence-corrected chi connectivity index (χ3v) is 9.49. The molecule has 0 radical (unpaired) electrons. The molecule has 2 fully saturated rings. The summed E-state index contributed by atoms with van der Waals surface area (Å²) in [6.45, 7) is 6.78. The first kappa shape index (κ1) is 17.8. The van der Waals surface area contributed by atoms with E-state index >= 15 is 0 Å². The van der Waals surface area contributed by atoms with Gasteiger partial charge in [0.05, 0.1) is 7.11 Å². The SMILES string of the molecule is COc1ccc(C(=O)C([S+]2C3CCCC2CCC3)C(C)(C)C)cc1. The summed E-state index contributed by atoms with van der Waals surface area (Å²) in [4.78, 5) is 13.5. The van der Waals surface area contributed by atoms with Crippen LogP contribution in [0.4, 0.5) is 0 Å². The number of fused-ring (bicyclic) bond motifs is 2. The Morgan fingerprint density at radius 3 is 1.96 bits per heavy atom. The standard InChI is InChI=1S/C21H31O2S/c1-21(2,3)20(19(22)15-11-13-16(23-4)14-12-15)24-17-7-5-8-18(24)10-6-9-17/h11-14,17-18,20H,5-10H2,1-4H3/q+1. The Labute approximate surface area is 149 Å². The number of carbonyl (C=O) groups is 1. The molecule has 2 nitrogen and oxygen atoms in total. The van der Waals surface area contributed by atoms with Gasteiger partial charge < -0.3 is 4.74 Å². The Morgan fingerprint density at radius 2 is 1.54 bits per heavy atom. The molecule has 1 aromatic rings. The number of carbonyl (C=O) groups excluding carboxylic acids is 1. The molecule has 3 heteroatoms. The first-order valence-electron chi connectivity index (χ1n) is 9.31. The first-order chi connectivity index (χ1) is 11.4. The predicted octanol–water partition coefficient (Wildman–Crippen LogP) is 5.02. The van der Waals surface area contributed by atoms with Crippen LogP contribution in [0.1, 0.15) is 69.7 Å². The molecule has 1 aromatic carbocycles. The highest BCUT2D eigenvalue weighted by Crippen LogP contribution is 2.45. The van der Waals surface area contributed by atoms with Crippen LogP contribution in [0, 0.1) is 5.41 Å². The molecular weight excluding hydrogens is 316 g/mol. The Morgan fingerprint density at radius 1 is 1.04 bits per heavy atom. The number of Topliss-reactive ketones (excluding diaryl/α,β-unsaturated/α-hetero) is 1. The topological polar surface area (TPSA) is 26.3 Å². The molecule has 2 heterocycles. The van der Waals surface area contributed by atoms with Gasteiger partial charge in [0.25, 0.3) is 0 Å². The zero-order valence-corrected chi connectivity index (χ0v) is 16.3. The fraction of sp³-hybridized carbons (Fsp3) is 0.667. The second-order valence-electron chi connectivity index (χ2n) is 8.35. The number of rotatable bonds is 4. The van der Waals surface area contributed by atoms with Crippen molar-refractivity contribution in [1.82, 2.24) is 0 Å². The summed E-state index contributed by atoms with van der Waals surface area (Å²) in [6.07, 6.45) is 8.08. The molecule has 1 unspecified atom stereocenters. The second kappa shape index (κ2) is 7.11. The van der Waals surface area contributed by atoms with Gasteiger partial charge in [-0.1, -0.05) is 20.8 Å². The van der Waals surface area contributed by atoms with Crippen molar-refractivity contribution in [3.8, 4) is 5.75 Å². The fourth-order valence-corrected chi connectivity index (χ4v) is 8.74. The Hall–Kier alpha value is -0.960. The Balaban J connectivity index is 1.92. The molecule has 2 bridgehead atoms. The van der Waals surface area contributed by atoms with Gasteiger partial charge in [-0.2, -0.15) is 0 Å². The molecular formula is C21H31O2S+. The first-order valence-corrected chi connectivity index (χ1v) is 10.7. The molecule has 2 saturated heterocycles. The average molecular weight is 348 g/mol. The summed E-state index contributed by atoms with van der Waals surface area (Å²) in [5, 5.41) is 1.72. The minimum atomic E-state index is 0.0191. The maximum Gasteiger partial charge on any atom is 0.215 e. The monoisotopic (exact) mass is 347 g/mol. The quantitative estimate of drug-likeness (QED) is 0.565. The number of hydrogen-bond donors (Lipinski definition) is 0. The molecule has 0 aliphatic carbocycles. The highest BCUT2D eigenvalue weighted by Gasteiger charge is 2.55. The summed E-state index contributed by atoms with van der Waals surface area (Å²) in [6, 6.07) is 7.72. The summed E-state index contributed by atoms with van der Waals surface area (Å²) in [5.74, 6) is 1.17. The predicted molar refractivity (Wildman–Crippen MR) is 103 cm³/mol. The van der Waals surface area contributed by atoms with Crippen molar-refractivity contribution < 1.29 is 9.53 Å². The van der Waals surface area contributed by atoms with E-state index in [4.69, 9.17) is 4.74 Å². The third kappa shape index (κ3) is 3.51. The van der Waals surface area contributed by atoms with Gasteiger partial charge >= 0.3 is 0 Å². The zero-order valence-electron chi connectivity index (χ0n) is 15.5. The zero-order chi connectivity index (χ0) is 17.3. The molecule has 1 atom stereocenters. The highest BCUT2D eigenvalue weighted by atomic mass is 32.2. The van der Waals surface area contributed by atoms with E-state index < -0.39 is 0 Å². The van der Waals surface area contributed by atoms with Crippen LogP contribution >= 0.6 is 0 Å². The fourth-order valence-electron chi connectivity index (χ4n) is 4.47. The average Bonchev–Trinajstić information content (AvgIpc) is 2.53. The van der Waals surface area contributed by atoms with Crippen LogP contribution in [0.2, 0.25) is 0 Å². The van der Waals surface area contributed by atoms with E-state index in [0.717, 1.165) is 21.8 Å².